The number of nitrogens with one attached hydrogen (secondary N) is 1. The summed E-state index contributed by atoms with van der Waals surface area (Å²) in [4.78, 5) is 8.71. The van der Waals surface area contributed by atoms with Crippen molar-refractivity contribution in [3.8, 4) is 11.5 Å². The van der Waals surface area contributed by atoms with Crippen molar-refractivity contribution in [3.05, 3.63) is 29.2 Å². The lowest BCUT2D eigenvalue weighted by Crippen LogP contribution is -2.28. The van der Waals surface area contributed by atoms with Gasteiger partial charge in [-0.2, -0.15) is 4.98 Å². The summed E-state index contributed by atoms with van der Waals surface area (Å²) in [5.41, 5.74) is 0.517. The number of hydrogen-bond donors (Lipinski definition) is 1. The van der Waals surface area contributed by atoms with Crippen molar-refractivity contribution >= 4 is 11.6 Å². The highest BCUT2D eigenvalue weighted by Gasteiger charge is 2.39. The van der Waals surface area contributed by atoms with Crippen LogP contribution in [0.5, 0.6) is 0 Å². The Morgan fingerprint density at radius 1 is 1.53 bits per heavy atom. The van der Waals surface area contributed by atoms with Crippen LogP contribution in [-0.4, -0.2) is 28.2 Å². The minimum atomic E-state index is -0.0491. The van der Waals surface area contributed by atoms with E-state index in [0.717, 1.165) is 25.9 Å². The molecule has 1 aliphatic heterocycles. The highest BCUT2D eigenvalue weighted by Crippen LogP contribution is 2.34. The second-order valence-corrected chi connectivity index (χ2v) is 5.22. The molecule has 0 amide bonds. The molecule has 0 radical (unpaired) electrons. The lowest BCUT2D eigenvalue weighted by atomic mass is 9.84. The zero-order valence-corrected chi connectivity index (χ0v) is 11.4. The highest BCUT2D eigenvalue weighted by atomic mass is 35.5. The van der Waals surface area contributed by atoms with Gasteiger partial charge in [0.15, 0.2) is 0 Å². The van der Waals surface area contributed by atoms with Crippen molar-refractivity contribution in [3.63, 3.8) is 0 Å². The van der Waals surface area contributed by atoms with Crippen LogP contribution in [0.2, 0.25) is 5.02 Å². The zero-order chi connectivity index (χ0) is 13.3. The Balaban J connectivity index is 1.98. The zero-order valence-electron chi connectivity index (χ0n) is 10.7. The Morgan fingerprint density at radius 2 is 2.42 bits per heavy atom. The van der Waals surface area contributed by atoms with Gasteiger partial charge in [0.05, 0.1) is 10.4 Å². The molecule has 0 bridgehead atoms. The van der Waals surface area contributed by atoms with E-state index in [9.17, 15) is 0 Å². The monoisotopic (exact) mass is 278 g/mol. The van der Waals surface area contributed by atoms with Crippen molar-refractivity contribution < 1.29 is 4.52 Å². The smallest absolute Gasteiger partial charge is 0.234 e. The predicted octanol–water partition coefficient (Wildman–Crippen LogP) is 2.43. The molecule has 0 spiro atoms. The van der Waals surface area contributed by atoms with Gasteiger partial charge < -0.3 is 9.84 Å². The average molecular weight is 279 g/mol. The van der Waals surface area contributed by atoms with Gasteiger partial charge in [-0.1, -0.05) is 23.7 Å². The fraction of sp³-hybridized carbons (Fsp3) is 0.462. The largest absolute Gasteiger partial charge is 0.338 e. The van der Waals surface area contributed by atoms with Gasteiger partial charge in [0, 0.05) is 12.7 Å². The molecule has 1 fully saturated rings. The Labute approximate surface area is 116 Å². The van der Waals surface area contributed by atoms with E-state index in [-0.39, 0.29) is 5.41 Å². The summed E-state index contributed by atoms with van der Waals surface area (Å²) in [5.74, 6) is 1.14. The molecule has 2 aromatic heterocycles. The Hall–Kier alpha value is -1.46. The van der Waals surface area contributed by atoms with Gasteiger partial charge >= 0.3 is 0 Å². The molecule has 100 valence electrons. The van der Waals surface area contributed by atoms with Gasteiger partial charge in [-0.15, -0.1) is 0 Å². The number of halogens is 1. The van der Waals surface area contributed by atoms with Crippen molar-refractivity contribution in [2.24, 2.45) is 0 Å². The normalized spacial score (nSPS) is 22.8. The molecular formula is C13H15ClN4O. The van der Waals surface area contributed by atoms with E-state index >= 15 is 0 Å². The van der Waals surface area contributed by atoms with E-state index in [1.165, 1.54) is 0 Å². The molecule has 1 unspecified atom stereocenters. The van der Waals surface area contributed by atoms with Gasteiger partial charge in [-0.25, -0.2) is 0 Å². The van der Waals surface area contributed by atoms with Gasteiger partial charge in [-0.3, -0.25) is 4.98 Å². The molecule has 3 rings (SSSR count). The minimum Gasteiger partial charge on any atom is -0.338 e. The second kappa shape index (κ2) is 4.90. The van der Waals surface area contributed by atoms with E-state index in [1.54, 1.807) is 18.3 Å². The van der Waals surface area contributed by atoms with E-state index in [2.05, 4.69) is 27.4 Å². The molecule has 3 heterocycles. The van der Waals surface area contributed by atoms with Crippen molar-refractivity contribution in [1.82, 2.24) is 20.4 Å². The molecule has 19 heavy (non-hydrogen) atoms. The Kier molecular flexibility index (Phi) is 3.24. The minimum absolute atomic E-state index is 0.0491. The standard InChI is InChI=1S/C13H15ClN4O/c1-2-13(5-7-15-8-13)12-17-11(18-19-12)10-9(14)4-3-6-16-10/h3-4,6,15H,2,5,7-8H2,1H3. The number of nitrogens with zero attached hydrogens (tertiary/aromatic N) is 3. The summed E-state index contributed by atoms with van der Waals surface area (Å²) in [5, 5.41) is 7.91. The fourth-order valence-electron chi connectivity index (χ4n) is 2.46. The van der Waals surface area contributed by atoms with Crippen LogP contribution in [0.15, 0.2) is 22.9 Å². The lowest BCUT2D eigenvalue weighted by molar-refractivity contribution is 0.285. The van der Waals surface area contributed by atoms with Crippen LogP contribution in [0.4, 0.5) is 0 Å². The molecule has 1 aliphatic rings. The number of rotatable bonds is 3. The average Bonchev–Trinajstić information content (AvgIpc) is 3.09. The molecule has 6 heteroatoms. The highest BCUT2D eigenvalue weighted by molar-refractivity contribution is 6.32. The molecule has 0 saturated carbocycles. The summed E-state index contributed by atoms with van der Waals surface area (Å²) >= 11 is 6.10. The van der Waals surface area contributed by atoms with Gasteiger partial charge in [-0.05, 0) is 31.5 Å². The van der Waals surface area contributed by atoms with Crippen LogP contribution in [0.1, 0.15) is 25.7 Å². The van der Waals surface area contributed by atoms with Crippen LogP contribution in [0.25, 0.3) is 11.5 Å². The molecule has 2 aromatic rings. The molecular weight excluding hydrogens is 264 g/mol. The third kappa shape index (κ3) is 2.13. The first kappa shape index (κ1) is 12.6. The summed E-state index contributed by atoms with van der Waals surface area (Å²) < 4.78 is 5.45. The van der Waals surface area contributed by atoms with E-state index < -0.39 is 0 Å². The third-order valence-corrected chi connectivity index (χ3v) is 4.08. The van der Waals surface area contributed by atoms with Gasteiger partial charge in [0.1, 0.15) is 5.69 Å². The SMILES string of the molecule is CCC1(c2nc(-c3ncccc3Cl)no2)CCNC1. The number of hydrogen-bond acceptors (Lipinski definition) is 5. The Bertz CT molecular complexity index is 578. The van der Waals surface area contributed by atoms with Gasteiger partial charge in [0.25, 0.3) is 0 Å². The maximum atomic E-state index is 6.10. The molecule has 1 N–H and O–H groups in total. The topological polar surface area (TPSA) is 63.8 Å². The third-order valence-electron chi connectivity index (χ3n) is 3.77. The van der Waals surface area contributed by atoms with Crippen molar-refractivity contribution in [1.29, 1.82) is 0 Å². The molecule has 5 nitrogen and oxygen atoms in total. The predicted molar refractivity (Wildman–Crippen MR) is 72.0 cm³/mol. The van der Waals surface area contributed by atoms with Crippen molar-refractivity contribution in [2.75, 3.05) is 13.1 Å². The molecule has 0 aliphatic carbocycles. The first-order valence-corrected chi connectivity index (χ1v) is 6.79. The quantitative estimate of drug-likeness (QED) is 0.934. The van der Waals surface area contributed by atoms with E-state index in [4.69, 9.17) is 16.1 Å². The fourth-order valence-corrected chi connectivity index (χ4v) is 2.67. The summed E-state index contributed by atoms with van der Waals surface area (Å²) in [7, 11) is 0. The van der Waals surface area contributed by atoms with E-state index in [0.29, 0.717) is 22.4 Å². The maximum absolute atomic E-state index is 6.10. The van der Waals surface area contributed by atoms with Crippen LogP contribution in [-0.2, 0) is 5.41 Å². The maximum Gasteiger partial charge on any atom is 0.234 e. The van der Waals surface area contributed by atoms with Crippen molar-refractivity contribution in [2.45, 2.75) is 25.2 Å². The van der Waals surface area contributed by atoms with Gasteiger partial charge in [0.2, 0.25) is 11.7 Å². The number of pyridine rings is 1. The molecule has 0 aromatic carbocycles. The molecule has 1 saturated heterocycles. The van der Waals surface area contributed by atoms with Crippen LogP contribution in [0, 0.1) is 0 Å². The van der Waals surface area contributed by atoms with Crippen LogP contribution >= 0.6 is 11.6 Å². The Morgan fingerprint density at radius 3 is 3.11 bits per heavy atom. The summed E-state index contributed by atoms with van der Waals surface area (Å²) in [6.07, 6.45) is 3.66. The number of aromatic nitrogens is 3. The first-order valence-electron chi connectivity index (χ1n) is 6.41. The lowest BCUT2D eigenvalue weighted by Gasteiger charge is -2.20. The van der Waals surface area contributed by atoms with Crippen LogP contribution in [0.3, 0.4) is 0 Å². The second-order valence-electron chi connectivity index (χ2n) is 4.82. The van der Waals surface area contributed by atoms with E-state index in [1.807, 2.05) is 0 Å². The summed E-state index contributed by atoms with van der Waals surface area (Å²) in [6.45, 7) is 4.00. The summed E-state index contributed by atoms with van der Waals surface area (Å²) in [6, 6.07) is 3.55. The molecule has 1 atom stereocenters. The van der Waals surface area contributed by atoms with Crippen LogP contribution < -0.4 is 5.32 Å². The first-order chi connectivity index (χ1) is 9.25.